The van der Waals surface area contributed by atoms with Crippen LogP contribution >= 0.6 is 0 Å². The number of rotatable bonds is 2. The van der Waals surface area contributed by atoms with Gasteiger partial charge in [0.2, 0.25) is 0 Å². The van der Waals surface area contributed by atoms with Gasteiger partial charge < -0.3 is 9.64 Å². The molecule has 0 amide bonds. The maximum absolute atomic E-state index is 7.51. The van der Waals surface area contributed by atoms with Crippen LogP contribution in [0.25, 0.3) is 0 Å². The van der Waals surface area contributed by atoms with E-state index in [0.717, 1.165) is 12.6 Å². The average molecular weight is 458 g/mol. The van der Waals surface area contributed by atoms with Gasteiger partial charge in [-0.2, -0.15) is 0 Å². The van der Waals surface area contributed by atoms with Gasteiger partial charge in [-0.1, -0.05) is 19.1 Å². The number of ether oxygens (including phenoxy) is 1. The van der Waals surface area contributed by atoms with E-state index >= 15 is 0 Å². The molecule has 4 nitrogen and oxygen atoms in total. The third-order valence-corrected chi connectivity index (χ3v) is 11.5. The zero-order valence-corrected chi connectivity index (χ0v) is 20.8. The van der Waals surface area contributed by atoms with Gasteiger partial charge in [-0.05, 0) is 117 Å². The summed E-state index contributed by atoms with van der Waals surface area (Å²) in [5, 5.41) is 0. The van der Waals surface area contributed by atoms with Crippen LogP contribution in [0.5, 0.6) is 0 Å². The van der Waals surface area contributed by atoms with Crippen molar-refractivity contribution in [3.05, 3.63) is 52.9 Å². The molecule has 8 rings (SSSR count). The molecule has 2 bridgehead atoms. The Kier molecular flexibility index (Phi) is 4.29. The first-order valence-corrected chi connectivity index (χ1v) is 14.1. The van der Waals surface area contributed by atoms with E-state index in [1.54, 1.807) is 11.1 Å². The van der Waals surface area contributed by atoms with Crippen LogP contribution in [-0.4, -0.2) is 57.7 Å². The molecule has 1 aromatic rings. The van der Waals surface area contributed by atoms with Crippen LogP contribution in [0, 0.1) is 11.3 Å². The average Bonchev–Trinajstić information content (AvgIpc) is 3.33. The van der Waals surface area contributed by atoms with Crippen molar-refractivity contribution in [1.29, 1.82) is 0 Å². The standard InChI is InChI=1S/C30H39N3O/c1-28-10-7-24-17-23-3-4-25(32-14-2-15-32)18-29(23)11-12-30(24,34-29)26(28)5-6-27(28)33-16-9-21-8-13-31-19-22(21)20-33/h7-8,13,17,19,25-27H,2-6,9-12,14-16,18,20H2,1H3/t25-,26-,27+,28+,29-,30-/m1/s1. The summed E-state index contributed by atoms with van der Waals surface area (Å²) < 4.78 is 7.51. The molecule has 0 aromatic carbocycles. The Hall–Kier alpha value is -1.49. The van der Waals surface area contributed by atoms with Gasteiger partial charge in [0.25, 0.3) is 0 Å². The number of likely N-dealkylation sites (tertiary alicyclic amines) is 1. The molecule has 0 N–H and O–H groups in total. The summed E-state index contributed by atoms with van der Waals surface area (Å²) in [4.78, 5) is 10.00. The molecule has 3 aliphatic carbocycles. The second kappa shape index (κ2) is 7.05. The minimum absolute atomic E-state index is 0.0165. The van der Waals surface area contributed by atoms with Gasteiger partial charge >= 0.3 is 0 Å². The first kappa shape index (κ1) is 20.7. The van der Waals surface area contributed by atoms with E-state index in [2.05, 4.69) is 46.1 Å². The first-order valence-electron chi connectivity index (χ1n) is 14.1. The van der Waals surface area contributed by atoms with E-state index < -0.39 is 0 Å². The largest absolute Gasteiger partial charge is 0.359 e. The molecule has 4 aliphatic heterocycles. The van der Waals surface area contributed by atoms with Crippen molar-refractivity contribution in [2.75, 3.05) is 19.6 Å². The lowest BCUT2D eigenvalue weighted by Gasteiger charge is -2.56. The van der Waals surface area contributed by atoms with E-state index in [1.165, 1.54) is 95.0 Å². The highest BCUT2D eigenvalue weighted by Crippen LogP contribution is 2.67. The quantitative estimate of drug-likeness (QED) is 0.622. The summed E-state index contributed by atoms with van der Waals surface area (Å²) in [6, 6.07) is 3.64. The molecular weight excluding hydrogens is 418 g/mol. The first-order chi connectivity index (χ1) is 16.6. The van der Waals surface area contributed by atoms with Gasteiger partial charge in [0.1, 0.15) is 0 Å². The highest BCUT2D eigenvalue weighted by atomic mass is 16.5. The highest BCUT2D eigenvalue weighted by Gasteiger charge is 2.67. The maximum atomic E-state index is 7.51. The van der Waals surface area contributed by atoms with Crippen molar-refractivity contribution >= 4 is 0 Å². The molecule has 1 aromatic heterocycles. The van der Waals surface area contributed by atoms with Crippen molar-refractivity contribution in [3.8, 4) is 0 Å². The van der Waals surface area contributed by atoms with Crippen molar-refractivity contribution in [2.24, 2.45) is 11.3 Å². The molecule has 6 atom stereocenters. The van der Waals surface area contributed by atoms with Crippen LogP contribution < -0.4 is 0 Å². The second-order valence-electron chi connectivity index (χ2n) is 12.8. The molecule has 180 valence electrons. The minimum atomic E-state index is -0.0165. The summed E-state index contributed by atoms with van der Waals surface area (Å²) in [7, 11) is 0. The topological polar surface area (TPSA) is 28.6 Å². The van der Waals surface area contributed by atoms with Crippen LogP contribution in [0.4, 0.5) is 0 Å². The molecule has 4 heteroatoms. The highest BCUT2D eigenvalue weighted by molar-refractivity contribution is 5.47. The van der Waals surface area contributed by atoms with Crippen LogP contribution in [0.2, 0.25) is 0 Å². The van der Waals surface area contributed by atoms with Crippen molar-refractivity contribution in [1.82, 2.24) is 14.8 Å². The molecule has 4 fully saturated rings. The number of hydrogen-bond acceptors (Lipinski definition) is 4. The number of nitrogens with zero attached hydrogens (tertiary/aromatic N) is 3. The number of pyridine rings is 1. The van der Waals surface area contributed by atoms with Crippen molar-refractivity contribution < 1.29 is 4.74 Å². The molecular formula is C30H39N3O. The number of allylic oxidation sites excluding steroid dienone is 1. The maximum Gasteiger partial charge on any atom is 0.0975 e. The summed E-state index contributed by atoms with van der Waals surface area (Å²) in [5.41, 5.74) is 6.50. The fraction of sp³-hybridized carbons (Fsp3) is 0.700. The van der Waals surface area contributed by atoms with Crippen LogP contribution in [-0.2, 0) is 17.7 Å². The van der Waals surface area contributed by atoms with Gasteiger partial charge in [0, 0.05) is 37.6 Å². The lowest BCUT2D eigenvalue weighted by molar-refractivity contribution is -0.147. The van der Waals surface area contributed by atoms with Gasteiger partial charge in [0.05, 0.1) is 11.2 Å². The normalized spacial score (nSPS) is 45.4. The molecule has 0 radical (unpaired) electrons. The summed E-state index contributed by atoms with van der Waals surface area (Å²) in [6.07, 6.45) is 22.1. The predicted octanol–water partition coefficient (Wildman–Crippen LogP) is 5.04. The SMILES string of the molecule is C[C@]12CC=C3C=C4CC[C@@H](N5CCC5)C[C@]45CC[C@]3(O5)[C@@H]1CC[C@@H]2N1CCc2ccncc2C1. The molecule has 2 saturated heterocycles. The van der Waals surface area contributed by atoms with Gasteiger partial charge in [0.15, 0.2) is 0 Å². The van der Waals surface area contributed by atoms with E-state index in [1.807, 2.05) is 6.20 Å². The molecule has 7 aliphatic rings. The van der Waals surface area contributed by atoms with E-state index in [9.17, 15) is 0 Å². The second-order valence-corrected chi connectivity index (χ2v) is 12.8. The Bertz CT molecular complexity index is 1090. The third-order valence-electron chi connectivity index (χ3n) is 11.5. The van der Waals surface area contributed by atoms with E-state index in [4.69, 9.17) is 4.74 Å². The smallest absolute Gasteiger partial charge is 0.0975 e. The zero-order valence-electron chi connectivity index (χ0n) is 20.8. The monoisotopic (exact) mass is 457 g/mol. The fourth-order valence-electron chi connectivity index (χ4n) is 9.64. The number of fused-ring (bicyclic) bond motifs is 2. The Morgan fingerprint density at radius 3 is 2.85 bits per heavy atom. The van der Waals surface area contributed by atoms with Crippen molar-refractivity contribution in [3.63, 3.8) is 0 Å². The number of hydrogen-bond donors (Lipinski definition) is 0. The Labute approximate surface area is 204 Å². The van der Waals surface area contributed by atoms with Crippen LogP contribution in [0.15, 0.2) is 41.8 Å². The van der Waals surface area contributed by atoms with Gasteiger partial charge in [-0.15, -0.1) is 0 Å². The fourth-order valence-corrected chi connectivity index (χ4v) is 9.64. The van der Waals surface area contributed by atoms with Crippen LogP contribution in [0.3, 0.4) is 0 Å². The van der Waals surface area contributed by atoms with Crippen molar-refractivity contribution in [2.45, 2.75) is 101 Å². The number of aromatic nitrogens is 1. The zero-order chi connectivity index (χ0) is 22.5. The lowest BCUT2D eigenvalue weighted by atomic mass is 9.59. The molecule has 0 unspecified atom stereocenters. The Morgan fingerprint density at radius 2 is 1.97 bits per heavy atom. The molecule has 2 spiro atoms. The van der Waals surface area contributed by atoms with Crippen LogP contribution in [0.1, 0.15) is 75.8 Å². The summed E-state index contributed by atoms with van der Waals surface area (Å²) in [5.74, 6) is 0.654. The summed E-state index contributed by atoms with van der Waals surface area (Å²) in [6.45, 7) is 7.51. The van der Waals surface area contributed by atoms with E-state index in [0.29, 0.717) is 17.4 Å². The third kappa shape index (κ3) is 2.63. The Morgan fingerprint density at radius 1 is 1.03 bits per heavy atom. The van der Waals surface area contributed by atoms with E-state index in [-0.39, 0.29) is 11.2 Å². The van der Waals surface area contributed by atoms with Gasteiger partial charge in [-0.3, -0.25) is 9.88 Å². The summed E-state index contributed by atoms with van der Waals surface area (Å²) >= 11 is 0. The molecule has 2 saturated carbocycles. The Balaban J connectivity index is 1.11. The minimum Gasteiger partial charge on any atom is -0.359 e. The molecule has 34 heavy (non-hydrogen) atoms. The lowest BCUT2D eigenvalue weighted by Crippen LogP contribution is -2.58. The van der Waals surface area contributed by atoms with Gasteiger partial charge in [-0.25, -0.2) is 0 Å². The molecule has 5 heterocycles. The predicted molar refractivity (Wildman–Crippen MR) is 133 cm³/mol.